The Morgan fingerprint density at radius 3 is 2.75 bits per heavy atom. The number of aromatic nitrogens is 2. The number of aryl methyl sites for hydroxylation is 2. The molecule has 0 unspecified atom stereocenters. The molecule has 2 aromatic rings. The zero-order valence-corrected chi connectivity index (χ0v) is 17.1. The minimum absolute atomic E-state index is 0.0895. The van der Waals surface area contributed by atoms with Gasteiger partial charge in [-0.15, -0.1) is 11.3 Å². The van der Waals surface area contributed by atoms with E-state index < -0.39 is 12.1 Å². The van der Waals surface area contributed by atoms with Crippen LogP contribution >= 0.6 is 11.3 Å². The molecule has 3 heterocycles. The van der Waals surface area contributed by atoms with E-state index in [0.717, 1.165) is 44.3 Å². The summed E-state index contributed by atoms with van der Waals surface area (Å²) in [5.74, 6) is -0.0635. The molecule has 0 spiro atoms. The van der Waals surface area contributed by atoms with Gasteiger partial charge < -0.3 is 10.1 Å². The second-order valence-electron chi connectivity index (χ2n) is 7.72. The van der Waals surface area contributed by atoms with Crippen molar-refractivity contribution in [3.8, 4) is 0 Å². The lowest BCUT2D eigenvalue weighted by molar-refractivity contribution is -0.130. The number of ether oxygens (including phenoxy) is 1. The summed E-state index contributed by atoms with van der Waals surface area (Å²) in [4.78, 5) is 43.3. The molecule has 2 aliphatic rings. The standard InChI is InChI=1S/C20H25N3O4S/c1-11-15-18(22-14-9-6-10-23(14)19(15)25)28-16(11)20(26)27-12(2)17(24)21-13-7-4-3-5-8-13/h12-13H,3-10H2,1-2H3,(H,21,24)/t12-/m0/s1. The molecule has 1 fully saturated rings. The molecule has 1 amide bonds. The van der Waals surface area contributed by atoms with E-state index in [2.05, 4.69) is 10.3 Å². The number of carbonyl (C=O) groups excluding carboxylic acids is 2. The number of rotatable bonds is 4. The van der Waals surface area contributed by atoms with Crippen LogP contribution in [0.3, 0.4) is 0 Å². The van der Waals surface area contributed by atoms with Gasteiger partial charge in [0.05, 0.1) is 5.39 Å². The highest BCUT2D eigenvalue weighted by molar-refractivity contribution is 7.20. The molecule has 28 heavy (non-hydrogen) atoms. The Labute approximate surface area is 167 Å². The normalized spacial score (nSPS) is 18.1. The number of carbonyl (C=O) groups is 2. The summed E-state index contributed by atoms with van der Waals surface area (Å²) in [6, 6.07) is 0.167. The minimum atomic E-state index is -0.877. The van der Waals surface area contributed by atoms with Crippen molar-refractivity contribution in [1.29, 1.82) is 0 Å². The number of hydrogen-bond donors (Lipinski definition) is 1. The molecule has 0 saturated heterocycles. The van der Waals surface area contributed by atoms with Crippen molar-refractivity contribution in [2.75, 3.05) is 0 Å². The van der Waals surface area contributed by atoms with Crippen LogP contribution in [0.15, 0.2) is 4.79 Å². The number of esters is 1. The summed E-state index contributed by atoms with van der Waals surface area (Å²) in [6.07, 6.45) is 6.21. The Morgan fingerprint density at radius 2 is 2.00 bits per heavy atom. The van der Waals surface area contributed by atoms with E-state index in [1.165, 1.54) is 17.8 Å². The van der Waals surface area contributed by atoms with Crippen LogP contribution in [0.4, 0.5) is 0 Å². The molecular formula is C20H25N3O4S. The van der Waals surface area contributed by atoms with Gasteiger partial charge in [-0.3, -0.25) is 14.2 Å². The molecule has 0 aromatic carbocycles. The number of nitrogens with one attached hydrogen (secondary N) is 1. The molecule has 7 nitrogen and oxygen atoms in total. The van der Waals surface area contributed by atoms with Gasteiger partial charge in [-0.05, 0) is 38.7 Å². The summed E-state index contributed by atoms with van der Waals surface area (Å²) in [6.45, 7) is 4.00. The van der Waals surface area contributed by atoms with Crippen LogP contribution in [0.1, 0.15) is 66.5 Å². The van der Waals surface area contributed by atoms with Crippen molar-refractivity contribution in [2.24, 2.45) is 0 Å². The smallest absolute Gasteiger partial charge is 0.349 e. The topological polar surface area (TPSA) is 90.3 Å². The molecule has 1 aliphatic heterocycles. The van der Waals surface area contributed by atoms with Gasteiger partial charge in [0.2, 0.25) is 0 Å². The molecule has 150 valence electrons. The fourth-order valence-corrected chi connectivity index (χ4v) is 5.18. The molecule has 0 radical (unpaired) electrons. The lowest BCUT2D eigenvalue weighted by Crippen LogP contribution is -2.42. The van der Waals surface area contributed by atoms with Crippen molar-refractivity contribution in [3.05, 3.63) is 26.6 Å². The molecule has 1 aliphatic carbocycles. The van der Waals surface area contributed by atoms with Crippen LogP contribution in [0.5, 0.6) is 0 Å². The van der Waals surface area contributed by atoms with Crippen molar-refractivity contribution in [3.63, 3.8) is 0 Å². The third kappa shape index (κ3) is 3.45. The lowest BCUT2D eigenvalue weighted by Gasteiger charge is -2.24. The molecule has 1 atom stereocenters. The summed E-state index contributed by atoms with van der Waals surface area (Å²) in [7, 11) is 0. The summed E-state index contributed by atoms with van der Waals surface area (Å²) >= 11 is 1.17. The van der Waals surface area contributed by atoms with Crippen LogP contribution in [0, 0.1) is 6.92 Å². The van der Waals surface area contributed by atoms with Gasteiger partial charge in [-0.25, -0.2) is 9.78 Å². The molecule has 8 heteroatoms. The van der Waals surface area contributed by atoms with E-state index in [0.29, 0.717) is 27.2 Å². The largest absolute Gasteiger partial charge is 0.448 e. The van der Waals surface area contributed by atoms with Crippen LogP contribution in [0.2, 0.25) is 0 Å². The Morgan fingerprint density at radius 1 is 1.25 bits per heavy atom. The molecular weight excluding hydrogens is 378 g/mol. The first-order valence-corrected chi connectivity index (χ1v) is 10.8. The summed E-state index contributed by atoms with van der Waals surface area (Å²) < 4.78 is 7.11. The number of fused-ring (bicyclic) bond motifs is 2. The first kappa shape index (κ1) is 19.1. The van der Waals surface area contributed by atoms with Crippen LogP contribution in [0.25, 0.3) is 10.2 Å². The second-order valence-corrected chi connectivity index (χ2v) is 8.71. The van der Waals surface area contributed by atoms with Crippen LogP contribution in [-0.4, -0.2) is 33.6 Å². The fraction of sp³-hybridized carbons (Fsp3) is 0.600. The maximum absolute atomic E-state index is 12.7. The quantitative estimate of drug-likeness (QED) is 0.793. The Kier molecular flexibility index (Phi) is 5.23. The molecule has 0 bridgehead atoms. The number of amides is 1. The predicted octanol–water partition coefficient (Wildman–Crippen LogP) is 2.71. The van der Waals surface area contributed by atoms with Crippen LogP contribution < -0.4 is 10.9 Å². The molecule has 1 N–H and O–H groups in total. The van der Waals surface area contributed by atoms with Gasteiger partial charge in [0, 0.05) is 19.0 Å². The average molecular weight is 404 g/mol. The van der Waals surface area contributed by atoms with Crippen molar-refractivity contribution >= 4 is 33.4 Å². The number of nitrogens with zero attached hydrogens (tertiary/aromatic N) is 2. The van der Waals surface area contributed by atoms with E-state index in [-0.39, 0.29) is 17.5 Å². The summed E-state index contributed by atoms with van der Waals surface area (Å²) in [5.41, 5.74) is 0.498. The second kappa shape index (κ2) is 7.66. The van der Waals surface area contributed by atoms with Gasteiger partial charge in [-0.1, -0.05) is 19.3 Å². The van der Waals surface area contributed by atoms with Gasteiger partial charge in [0.25, 0.3) is 11.5 Å². The van der Waals surface area contributed by atoms with E-state index >= 15 is 0 Å². The SMILES string of the molecule is Cc1c(C(=O)O[C@@H](C)C(=O)NC2CCCCC2)sc2nc3n(c(=O)c12)CCC3. The predicted molar refractivity (Wildman–Crippen MR) is 107 cm³/mol. The molecule has 4 rings (SSSR count). The summed E-state index contributed by atoms with van der Waals surface area (Å²) in [5, 5.41) is 3.47. The maximum Gasteiger partial charge on any atom is 0.349 e. The molecule has 2 aromatic heterocycles. The first-order chi connectivity index (χ1) is 13.5. The highest BCUT2D eigenvalue weighted by Crippen LogP contribution is 2.29. The third-order valence-corrected chi connectivity index (χ3v) is 6.87. The highest BCUT2D eigenvalue weighted by Gasteiger charge is 2.27. The van der Waals surface area contributed by atoms with Crippen LogP contribution in [-0.2, 0) is 22.5 Å². The maximum atomic E-state index is 12.7. The van der Waals surface area contributed by atoms with Crippen molar-refractivity contribution in [1.82, 2.24) is 14.9 Å². The zero-order valence-electron chi connectivity index (χ0n) is 16.2. The number of hydrogen-bond acceptors (Lipinski definition) is 6. The Hall–Kier alpha value is -2.22. The third-order valence-electron chi connectivity index (χ3n) is 5.70. The van der Waals surface area contributed by atoms with E-state index in [9.17, 15) is 14.4 Å². The van der Waals surface area contributed by atoms with Gasteiger partial charge >= 0.3 is 5.97 Å². The van der Waals surface area contributed by atoms with E-state index in [1.807, 2.05) is 0 Å². The highest BCUT2D eigenvalue weighted by atomic mass is 32.1. The minimum Gasteiger partial charge on any atom is -0.448 e. The van der Waals surface area contributed by atoms with Gasteiger partial charge in [-0.2, -0.15) is 0 Å². The monoisotopic (exact) mass is 403 g/mol. The van der Waals surface area contributed by atoms with Crippen molar-refractivity contribution in [2.45, 2.75) is 77.5 Å². The van der Waals surface area contributed by atoms with E-state index in [4.69, 9.17) is 4.74 Å². The zero-order chi connectivity index (χ0) is 19.8. The molecule has 1 saturated carbocycles. The number of thiophene rings is 1. The van der Waals surface area contributed by atoms with Gasteiger partial charge in [0.1, 0.15) is 15.5 Å². The van der Waals surface area contributed by atoms with Gasteiger partial charge in [0.15, 0.2) is 6.10 Å². The van der Waals surface area contributed by atoms with Crippen molar-refractivity contribution < 1.29 is 14.3 Å². The first-order valence-electron chi connectivity index (χ1n) is 10.00. The Bertz CT molecular complexity index is 987. The lowest BCUT2D eigenvalue weighted by atomic mass is 9.95. The Balaban J connectivity index is 1.51. The van der Waals surface area contributed by atoms with E-state index in [1.54, 1.807) is 18.4 Å². The fourth-order valence-electron chi connectivity index (χ4n) is 4.10. The average Bonchev–Trinajstić information content (AvgIpc) is 3.27.